The number of nitrogens with zero attached hydrogens (tertiary/aromatic N) is 4. The van der Waals surface area contributed by atoms with Crippen molar-refractivity contribution in [2.45, 2.75) is 12.1 Å². The Hall–Kier alpha value is -2.86. The lowest BCUT2D eigenvalue weighted by molar-refractivity contribution is -0.118. The average Bonchev–Trinajstić information content (AvgIpc) is 3.30. The second-order valence-electron chi connectivity index (χ2n) is 7.48. The second-order valence-corrected chi connectivity index (χ2v) is 10.6. The SMILES string of the molecule is CCOc1ccc(-n2c(SCC(=O)N/N=C/c3cc(Br)cc(Br)c3O)nnc2-c2ccc(Cl)cc2)cc1. The monoisotopic (exact) mass is 663 g/mol. The number of nitrogens with one attached hydrogen (secondary N) is 1. The van der Waals surface area contributed by atoms with E-state index in [-0.39, 0.29) is 17.4 Å². The van der Waals surface area contributed by atoms with Crippen molar-refractivity contribution in [3.05, 3.63) is 80.2 Å². The molecule has 1 aromatic heterocycles. The third kappa shape index (κ3) is 6.92. The highest BCUT2D eigenvalue weighted by atomic mass is 79.9. The molecule has 0 atom stereocenters. The highest BCUT2D eigenvalue weighted by molar-refractivity contribution is 9.11. The zero-order valence-electron chi connectivity index (χ0n) is 19.4. The number of carbonyl (C=O) groups excluding carboxylic acids is 1. The van der Waals surface area contributed by atoms with Gasteiger partial charge in [-0.2, -0.15) is 5.10 Å². The van der Waals surface area contributed by atoms with Gasteiger partial charge in [-0.3, -0.25) is 9.36 Å². The molecule has 2 N–H and O–H groups in total. The number of benzene rings is 3. The Morgan fingerprint density at radius 1 is 1.16 bits per heavy atom. The summed E-state index contributed by atoms with van der Waals surface area (Å²) in [5.41, 5.74) is 4.55. The van der Waals surface area contributed by atoms with Crippen LogP contribution in [0.5, 0.6) is 11.5 Å². The largest absolute Gasteiger partial charge is 0.506 e. The summed E-state index contributed by atoms with van der Waals surface area (Å²) in [6.07, 6.45) is 1.37. The summed E-state index contributed by atoms with van der Waals surface area (Å²) in [4.78, 5) is 12.5. The van der Waals surface area contributed by atoms with Gasteiger partial charge in [-0.1, -0.05) is 39.3 Å². The van der Waals surface area contributed by atoms with Crippen molar-refractivity contribution >= 4 is 67.3 Å². The number of amides is 1. The highest BCUT2D eigenvalue weighted by Crippen LogP contribution is 2.31. The molecule has 0 aliphatic heterocycles. The average molecular weight is 666 g/mol. The first-order valence-electron chi connectivity index (χ1n) is 10.9. The summed E-state index contributed by atoms with van der Waals surface area (Å²) in [5.74, 6) is 1.08. The smallest absolute Gasteiger partial charge is 0.250 e. The highest BCUT2D eigenvalue weighted by Gasteiger charge is 2.17. The number of thioether (sulfide) groups is 1. The van der Waals surface area contributed by atoms with E-state index in [9.17, 15) is 9.90 Å². The molecule has 0 aliphatic rings. The topological polar surface area (TPSA) is 102 Å². The fourth-order valence-corrected chi connectivity index (χ4v) is 5.39. The Labute approximate surface area is 239 Å². The molecule has 4 aromatic rings. The Balaban J connectivity index is 1.52. The van der Waals surface area contributed by atoms with Crippen LogP contribution in [-0.4, -0.2) is 44.4 Å². The van der Waals surface area contributed by atoms with Crippen molar-refractivity contribution < 1.29 is 14.6 Å². The Morgan fingerprint density at radius 2 is 1.89 bits per heavy atom. The van der Waals surface area contributed by atoms with Crippen LogP contribution in [0.4, 0.5) is 0 Å². The van der Waals surface area contributed by atoms with Crippen LogP contribution >= 0.6 is 55.2 Å². The molecule has 12 heteroatoms. The van der Waals surface area contributed by atoms with Crippen LogP contribution in [0.2, 0.25) is 5.02 Å². The number of halogens is 3. The first kappa shape index (κ1) is 27.2. The molecule has 0 aliphatic carbocycles. The van der Waals surface area contributed by atoms with Crippen molar-refractivity contribution in [2.24, 2.45) is 5.10 Å². The maximum atomic E-state index is 12.5. The van der Waals surface area contributed by atoms with Crippen molar-refractivity contribution in [3.63, 3.8) is 0 Å². The van der Waals surface area contributed by atoms with E-state index in [1.165, 1.54) is 18.0 Å². The number of ether oxygens (including phenoxy) is 1. The van der Waals surface area contributed by atoms with E-state index in [1.807, 2.05) is 47.9 Å². The molecule has 0 saturated heterocycles. The van der Waals surface area contributed by atoms with Crippen molar-refractivity contribution in [1.82, 2.24) is 20.2 Å². The maximum absolute atomic E-state index is 12.5. The van der Waals surface area contributed by atoms with Gasteiger partial charge in [0, 0.05) is 26.3 Å². The van der Waals surface area contributed by atoms with Crippen molar-refractivity contribution in [3.8, 4) is 28.6 Å². The van der Waals surface area contributed by atoms with Gasteiger partial charge in [0.05, 0.1) is 23.0 Å². The molecule has 190 valence electrons. The van der Waals surface area contributed by atoms with E-state index in [4.69, 9.17) is 16.3 Å². The van der Waals surface area contributed by atoms with E-state index in [0.717, 1.165) is 21.5 Å². The quantitative estimate of drug-likeness (QED) is 0.121. The lowest BCUT2D eigenvalue weighted by atomic mass is 10.2. The number of hydrogen-bond donors (Lipinski definition) is 2. The van der Waals surface area contributed by atoms with Crippen molar-refractivity contribution in [1.29, 1.82) is 0 Å². The van der Waals surface area contributed by atoms with Crippen LogP contribution < -0.4 is 10.2 Å². The van der Waals surface area contributed by atoms with E-state index in [2.05, 4.69) is 52.6 Å². The number of phenols is 1. The summed E-state index contributed by atoms with van der Waals surface area (Å²) in [6.45, 7) is 2.50. The Morgan fingerprint density at radius 3 is 2.59 bits per heavy atom. The summed E-state index contributed by atoms with van der Waals surface area (Å²) >= 11 is 13.9. The van der Waals surface area contributed by atoms with E-state index < -0.39 is 0 Å². The summed E-state index contributed by atoms with van der Waals surface area (Å²) in [5, 5.41) is 23.9. The molecule has 0 bridgehead atoms. The zero-order chi connectivity index (χ0) is 26.4. The molecule has 37 heavy (non-hydrogen) atoms. The molecule has 4 rings (SSSR count). The molecule has 1 amide bonds. The van der Waals surface area contributed by atoms with Crippen LogP contribution in [0.1, 0.15) is 12.5 Å². The fourth-order valence-electron chi connectivity index (χ4n) is 3.26. The number of rotatable bonds is 9. The zero-order valence-corrected chi connectivity index (χ0v) is 24.1. The lowest BCUT2D eigenvalue weighted by Gasteiger charge is -2.11. The molecule has 0 saturated carbocycles. The summed E-state index contributed by atoms with van der Waals surface area (Å²) < 4.78 is 8.69. The molecule has 0 fully saturated rings. The van der Waals surface area contributed by atoms with Gasteiger partial charge in [-0.25, -0.2) is 5.43 Å². The van der Waals surface area contributed by atoms with Gasteiger partial charge in [0.15, 0.2) is 11.0 Å². The predicted molar refractivity (Wildman–Crippen MR) is 153 cm³/mol. The minimum Gasteiger partial charge on any atom is -0.506 e. The van der Waals surface area contributed by atoms with Gasteiger partial charge in [-0.15, -0.1) is 10.2 Å². The molecule has 0 radical (unpaired) electrons. The first-order chi connectivity index (χ1) is 17.9. The number of hydrazone groups is 1. The van der Waals surface area contributed by atoms with Gasteiger partial charge in [0.1, 0.15) is 11.5 Å². The molecule has 1 heterocycles. The molecular formula is C25H20Br2ClN5O3S. The van der Waals surface area contributed by atoms with E-state index in [0.29, 0.717) is 32.6 Å². The molecule has 0 unspecified atom stereocenters. The van der Waals surface area contributed by atoms with E-state index in [1.54, 1.807) is 24.3 Å². The third-order valence-electron chi connectivity index (χ3n) is 4.92. The second kappa shape index (κ2) is 12.6. The lowest BCUT2D eigenvalue weighted by Crippen LogP contribution is -2.20. The predicted octanol–water partition coefficient (Wildman–Crippen LogP) is 6.46. The van der Waals surface area contributed by atoms with Crippen LogP contribution in [0.15, 0.2) is 79.9 Å². The Bertz CT molecular complexity index is 1430. The molecule has 3 aromatic carbocycles. The van der Waals surface area contributed by atoms with Crippen LogP contribution in [0, 0.1) is 0 Å². The van der Waals surface area contributed by atoms with Crippen LogP contribution in [-0.2, 0) is 4.79 Å². The first-order valence-corrected chi connectivity index (χ1v) is 13.9. The minimum atomic E-state index is -0.343. The Kier molecular flexibility index (Phi) is 9.25. The molecule has 8 nitrogen and oxygen atoms in total. The molecule has 0 spiro atoms. The maximum Gasteiger partial charge on any atom is 0.250 e. The number of phenolic OH excluding ortho intramolecular Hbond substituents is 1. The van der Waals surface area contributed by atoms with Gasteiger partial charge < -0.3 is 9.84 Å². The number of hydrogen-bond acceptors (Lipinski definition) is 7. The van der Waals surface area contributed by atoms with E-state index >= 15 is 0 Å². The van der Waals surface area contributed by atoms with Gasteiger partial charge in [-0.05, 0) is 83.5 Å². The number of carbonyl (C=O) groups is 1. The number of aromatic hydroxyl groups is 1. The fraction of sp³-hybridized carbons (Fsp3) is 0.120. The van der Waals surface area contributed by atoms with Crippen LogP contribution in [0.25, 0.3) is 17.1 Å². The van der Waals surface area contributed by atoms with Gasteiger partial charge >= 0.3 is 0 Å². The minimum absolute atomic E-state index is 0.0220. The van der Waals surface area contributed by atoms with Crippen molar-refractivity contribution in [2.75, 3.05) is 12.4 Å². The van der Waals surface area contributed by atoms with Gasteiger partial charge in [0.25, 0.3) is 5.91 Å². The summed E-state index contributed by atoms with van der Waals surface area (Å²) in [6, 6.07) is 18.2. The number of aromatic nitrogens is 3. The normalized spacial score (nSPS) is 11.1. The van der Waals surface area contributed by atoms with Gasteiger partial charge in [0.2, 0.25) is 0 Å². The summed E-state index contributed by atoms with van der Waals surface area (Å²) in [7, 11) is 0. The van der Waals surface area contributed by atoms with Crippen LogP contribution in [0.3, 0.4) is 0 Å². The standard InChI is InChI=1S/C25H20Br2ClN5O3S/c1-2-36-20-9-7-19(8-10-20)33-24(15-3-5-18(28)6-4-15)31-32-25(33)37-14-22(34)30-29-13-16-11-17(26)12-21(27)23(16)35/h3-13,35H,2,14H2,1H3,(H,30,34)/b29-13+. The molecular weight excluding hydrogens is 646 g/mol. The third-order valence-corrected chi connectivity index (χ3v) is 7.17.